The molecule has 0 aliphatic carbocycles. The molecule has 0 saturated heterocycles. The number of nitrogen functional groups attached to an aromatic ring is 1. The van der Waals surface area contributed by atoms with Gasteiger partial charge in [0.1, 0.15) is 5.75 Å². The number of rotatable bonds is 2. The zero-order chi connectivity index (χ0) is 15.8. The van der Waals surface area contributed by atoms with Gasteiger partial charge in [0.15, 0.2) is 5.75 Å². The van der Waals surface area contributed by atoms with Crippen LogP contribution in [0.4, 0.5) is 18.9 Å². The van der Waals surface area contributed by atoms with Crippen molar-refractivity contribution in [2.24, 2.45) is 0 Å². The van der Waals surface area contributed by atoms with Crippen LogP contribution in [0.5, 0.6) is 11.5 Å². The number of benzene rings is 2. The molecule has 0 unspecified atom stereocenters. The lowest BCUT2D eigenvalue weighted by atomic mass is 10.2. The average Bonchev–Trinajstić information content (AvgIpc) is 2.34. The van der Waals surface area contributed by atoms with E-state index in [4.69, 9.17) is 33.7 Å². The third kappa shape index (κ3) is 3.75. The second-order valence-corrected chi connectivity index (χ2v) is 5.77. The molecular formula is C13H7BrCl2F3NO. The van der Waals surface area contributed by atoms with Crippen LogP contribution < -0.4 is 10.5 Å². The van der Waals surface area contributed by atoms with Gasteiger partial charge in [-0.1, -0.05) is 39.1 Å². The molecular weight excluding hydrogens is 394 g/mol. The fourth-order valence-corrected chi connectivity index (χ4v) is 2.23. The molecule has 0 aliphatic heterocycles. The maximum absolute atomic E-state index is 13.0. The van der Waals surface area contributed by atoms with Crippen LogP contribution in [0.2, 0.25) is 10.0 Å². The Morgan fingerprint density at radius 3 is 2.24 bits per heavy atom. The SMILES string of the molecule is Nc1cc(Cl)c(Cl)cc1Oc1cc(Br)ccc1C(F)(F)F. The van der Waals surface area contributed by atoms with Gasteiger partial charge < -0.3 is 10.5 Å². The van der Waals surface area contributed by atoms with Gasteiger partial charge in [0.2, 0.25) is 0 Å². The molecule has 112 valence electrons. The predicted octanol–water partition coefficient (Wildman–Crippen LogP) is 6.15. The molecule has 0 radical (unpaired) electrons. The van der Waals surface area contributed by atoms with Gasteiger partial charge in [-0.15, -0.1) is 0 Å². The van der Waals surface area contributed by atoms with Gasteiger partial charge in [-0.2, -0.15) is 13.2 Å². The van der Waals surface area contributed by atoms with Gasteiger partial charge in [-0.05, 0) is 24.3 Å². The normalized spacial score (nSPS) is 11.5. The monoisotopic (exact) mass is 399 g/mol. The Balaban J connectivity index is 2.49. The van der Waals surface area contributed by atoms with E-state index in [0.717, 1.165) is 6.07 Å². The van der Waals surface area contributed by atoms with Crippen LogP contribution in [0.3, 0.4) is 0 Å². The minimum absolute atomic E-state index is 0.00648. The van der Waals surface area contributed by atoms with Gasteiger partial charge in [0.25, 0.3) is 0 Å². The Morgan fingerprint density at radius 2 is 1.62 bits per heavy atom. The van der Waals surface area contributed by atoms with Crippen LogP contribution >= 0.6 is 39.1 Å². The Kier molecular flexibility index (Phi) is 4.60. The van der Waals surface area contributed by atoms with Crippen LogP contribution in [-0.2, 0) is 6.18 Å². The summed E-state index contributed by atoms with van der Waals surface area (Å²) >= 11 is 14.7. The molecule has 8 heteroatoms. The van der Waals surface area contributed by atoms with Crippen LogP contribution in [0, 0.1) is 0 Å². The Labute approximate surface area is 136 Å². The van der Waals surface area contributed by atoms with Gasteiger partial charge >= 0.3 is 6.18 Å². The molecule has 2 aromatic carbocycles. The lowest BCUT2D eigenvalue weighted by molar-refractivity contribution is -0.138. The van der Waals surface area contributed by atoms with E-state index in [-0.39, 0.29) is 27.2 Å². The summed E-state index contributed by atoms with van der Waals surface area (Å²) in [4.78, 5) is 0. The minimum atomic E-state index is -4.55. The molecule has 0 aromatic heterocycles. The maximum Gasteiger partial charge on any atom is 0.419 e. The van der Waals surface area contributed by atoms with Crippen molar-refractivity contribution < 1.29 is 17.9 Å². The van der Waals surface area contributed by atoms with Gasteiger partial charge in [-0.3, -0.25) is 0 Å². The Bertz CT molecular complexity index is 692. The minimum Gasteiger partial charge on any atom is -0.454 e. The zero-order valence-electron chi connectivity index (χ0n) is 10.1. The van der Waals surface area contributed by atoms with Gasteiger partial charge in [0, 0.05) is 10.5 Å². The highest BCUT2D eigenvalue weighted by Crippen LogP contribution is 2.42. The van der Waals surface area contributed by atoms with E-state index in [1.165, 1.54) is 24.3 Å². The summed E-state index contributed by atoms with van der Waals surface area (Å²) in [6, 6.07) is 5.95. The quantitative estimate of drug-likeness (QED) is 0.613. The number of halogens is 6. The van der Waals surface area contributed by atoms with Gasteiger partial charge in [0.05, 0.1) is 21.3 Å². The van der Waals surface area contributed by atoms with E-state index < -0.39 is 11.7 Å². The van der Waals surface area contributed by atoms with Crippen molar-refractivity contribution in [1.82, 2.24) is 0 Å². The summed E-state index contributed by atoms with van der Waals surface area (Å²) in [6.45, 7) is 0. The maximum atomic E-state index is 13.0. The molecule has 2 aromatic rings. The fraction of sp³-hybridized carbons (Fsp3) is 0.0769. The van der Waals surface area contributed by atoms with E-state index in [1.54, 1.807) is 0 Å². The molecule has 21 heavy (non-hydrogen) atoms. The molecule has 0 saturated carbocycles. The molecule has 2 N–H and O–H groups in total. The van der Waals surface area contributed by atoms with Crippen LogP contribution in [0.1, 0.15) is 5.56 Å². The molecule has 0 fully saturated rings. The second kappa shape index (κ2) is 5.94. The molecule has 0 spiro atoms. The van der Waals surface area contributed by atoms with Crippen molar-refractivity contribution in [2.45, 2.75) is 6.18 Å². The van der Waals surface area contributed by atoms with Crippen molar-refractivity contribution in [1.29, 1.82) is 0 Å². The number of anilines is 1. The average molecular weight is 401 g/mol. The number of nitrogens with two attached hydrogens (primary N) is 1. The molecule has 2 nitrogen and oxygen atoms in total. The second-order valence-electron chi connectivity index (χ2n) is 4.04. The first-order valence-electron chi connectivity index (χ1n) is 5.47. The summed E-state index contributed by atoms with van der Waals surface area (Å²) in [5.74, 6) is -0.394. The largest absolute Gasteiger partial charge is 0.454 e. The van der Waals surface area contributed by atoms with E-state index in [2.05, 4.69) is 15.9 Å². The van der Waals surface area contributed by atoms with Crippen molar-refractivity contribution in [3.05, 3.63) is 50.4 Å². The number of hydrogen-bond donors (Lipinski definition) is 1. The van der Waals surface area contributed by atoms with Gasteiger partial charge in [-0.25, -0.2) is 0 Å². The van der Waals surface area contributed by atoms with E-state index in [0.29, 0.717) is 4.47 Å². The lowest BCUT2D eigenvalue weighted by Gasteiger charge is -2.15. The van der Waals surface area contributed by atoms with Crippen LogP contribution in [0.25, 0.3) is 0 Å². The Hall–Kier alpha value is -1.11. The molecule has 2 rings (SSSR count). The highest BCUT2D eigenvalue weighted by Gasteiger charge is 2.34. The molecule has 0 amide bonds. The predicted molar refractivity (Wildman–Crippen MR) is 80.1 cm³/mol. The number of alkyl halides is 3. The number of ether oxygens (including phenoxy) is 1. The van der Waals surface area contributed by atoms with Crippen LogP contribution in [0.15, 0.2) is 34.8 Å². The molecule has 0 atom stereocenters. The third-order valence-corrected chi connectivity index (χ3v) is 3.74. The summed E-state index contributed by atoms with van der Waals surface area (Å²) in [5, 5.41) is 0.316. The Morgan fingerprint density at radius 1 is 1.00 bits per heavy atom. The molecule has 0 bridgehead atoms. The van der Waals surface area contributed by atoms with Crippen molar-refractivity contribution >= 4 is 44.8 Å². The first-order valence-corrected chi connectivity index (χ1v) is 7.02. The van der Waals surface area contributed by atoms with Crippen molar-refractivity contribution in [2.75, 3.05) is 5.73 Å². The van der Waals surface area contributed by atoms with Crippen molar-refractivity contribution in [3.63, 3.8) is 0 Å². The first-order chi connectivity index (χ1) is 9.68. The summed E-state index contributed by atoms with van der Waals surface area (Å²) in [7, 11) is 0. The topological polar surface area (TPSA) is 35.2 Å². The first kappa shape index (κ1) is 16.3. The van der Waals surface area contributed by atoms with Crippen molar-refractivity contribution in [3.8, 4) is 11.5 Å². The standard InChI is InChI=1S/C13H7BrCl2F3NO/c14-6-1-2-7(13(17,18)19)11(3-6)21-12-5-9(16)8(15)4-10(12)20/h1-5H,20H2. The lowest BCUT2D eigenvalue weighted by Crippen LogP contribution is -2.07. The zero-order valence-corrected chi connectivity index (χ0v) is 13.2. The third-order valence-electron chi connectivity index (χ3n) is 2.52. The molecule has 0 heterocycles. The summed E-state index contributed by atoms with van der Waals surface area (Å²) in [5.41, 5.74) is 4.84. The summed E-state index contributed by atoms with van der Waals surface area (Å²) in [6.07, 6.45) is -4.55. The van der Waals surface area contributed by atoms with E-state index in [1.807, 2.05) is 0 Å². The fourth-order valence-electron chi connectivity index (χ4n) is 1.57. The molecule has 0 aliphatic rings. The number of hydrogen-bond acceptors (Lipinski definition) is 2. The smallest absolute Gasteiger partial charge is 0.419 e. The highest BCUT2D eigenvalue weighted by molar-refractivity contribution is 9.10. The summed E-state index contributed by atoms with van der Waals surface area (Å²) < 4.78 is 44.6. The van der Waals surface area contributed by atoms with E-state index in [9.17, 15) is 13.2 Å². The highest BCUT2D eigenvalue weighted by atomic mass is 79.9. The van der Waals surface area contributed by atoms with Crippen LogP contribution in [-0.4, -0.2) is 0 Å². The van der Waals surface area contributed by atoms with E-state index >= 15 is 0 Å².